The Bertz CT molecular complexity index is 1260. The molecule has 0 aliphatic heterocycles. The Morgan fingerprint density at radius 3 is 2.42 bits per heavy atom. The van der Waals surface area contributed by atoms with E-state index in [1.54, 1.807) is 30.3 Å². The molecule has 0 saturated carbocycles. The van der Waals surface area contributed by atoms with Gasteiger partial charge < -0.3 is 19.5 Å². The number of nitrogens with zero attached hydrogens (tertiary/aromatic N) is 3. The van der Waals surface area contributed by atoms with E-state index in [4.69, 9.17) is 14.2 Å². The summed E-state index contributed by atoms with van der Waals surface area (Å²) in [5, 5.41) is 16.7. The summed E-state index contributed by atoms with van der Waals surface area (Å²) in [5.74, 6) is 1.24. The lowest BCUT2D eigenvalue weighted by Gasteiger charge is -2.13. The van der Waals surface area contributed by atoms with E-state index < -0.39 is 10.6 Å². The summed E-state index contributed by atoms with van der Waals surface area (Å²) in [6.45, 7) is 0. The molecular weight excluding hydrogens is 400 g/mol. The van der Waals surface area contributed by atoms with Crippen molar-refractivity contribution in [1.29, 1.82) is 0 Å². The minimum Gasteiger partial charge on any atom is -0.497 e. The number of anilines is 2. The summed E-state index contributed by atoms with van der Waals surface area (Å²) < 4.78 is 16.3. The van der Waals surface area contributed by atoms with Crippen molar-refractivity contribution in [1.82, 2.24) is 9.97 Å². The molecule has 9 heteroatoms. The van der Waals surface area contributed by atoms with Crippen molar-refractivity contribution in [3.63, 3.8) is 0 Å². The first-order valence-electron chi connectivity index (χ1n) is 9.24. The molecule has 0 unspecified atom stereocenters. The van der Waals surface area contributed by atoms with E-state index in [-0.39, 0.29) is 11.7 Å². The Balaban J connectivity index is 1.70. The van der Waals surface area contributed by atoms with Gasteiger partial charge in [0.25, 0.3) is 0 Å². The number of fused-ring (bicyclic) bond motifs is 1. The van der Waals surface area contributed by atoms with Crippen LogP contribution < -0.4 is 19.5 Å². The van der Waals surface area contributed by atoms with Gasteiger partial charge in [-0.05, 0) is 35.0 Å². The van der Waals surface area contributed by atoms with E-state index in [9.17, 15) is 10.1 Å². The zero-order chi connectivity index (χ0) is 21.8. The molecule has 1 N–H and O–H groups in total. The van der Waals surface area contributed by atoms with Gasteiger partial charge in [-0.25, -0.2) is 4.98 Å². The van der Waals surface area contributed by atoms with Gasteiger partial charge in [-0.1, -0.05) is 30.3 Å². The molecule has 3 aromatic carbocycles. The molecule has 1 aromatic heterocycles. The Morgan fingerprint density at radius 2 is 1.68 bits per heavy atom. The maximum Gasteiger partial charge on any atom is 0.373 e. The van der Waals surface area contributed by atoms with Crippen molar-refractivity contribution >= 4 is 28.0 Å². The summed E-state index contributed by atoms with van der Waals surface area (Å²) >= 11 is 0. The third-order valence-corrected chi connectivity index (χ3v) is 4.57. The van der Waals surface area contributed by atoms with Gasteiger partial charge in [0.15, 0.2) is 0 Å². The van der Waals surface area contributed by atoms with E-state index >= 15 is 0 Å². The molecule has 0 spiro atoms. The predicted molar refractivity (Wildman–Crippen MR) is 116 cm³/mol. The molecule has 9 nitrogen and oxygen atoms in total. The molecule has 4 rings (SSSR count). The number of hydrogen-bond acceptors (Lipinski definition) is 8. The van der Waals surface area contributed by atoms with Crippen LogP contribution in [0.2, 0.25) is 0 Å². The van der Waals surface area contributed by atoms with Gasteiger partial charge in [-0.15, -0.1) is 0 Å². The van der Waals surface area contributed by atoms with Crippen LogP contribution in [0.4, 0.5) is 17.2 Å². The molecule has 0 atom stereocenters. The lowest BCUT2D eigenvalue weighted by Crippen LogP contribution is -2.04. The quantitative estimate of drug-likeness (QED) is 0.326. The van der Waals surface area contributed by atoms with Crippen molar-refractivity contribution < 1.29 is 19.1 Å². The molecule has 0 saturated heterocycles. The maximum atomic E-state index is 11.8. The molecule has 0 aliphatic carbocycles. The monoisotopic (exact) mass is 418 g/mol. The number of methoxy groups -OCH3 is 2. The van der Waals surface area contributed by atoms with E-state index in [1.807, 2.05) is 30.3 Å². The summed E-state index contributed by atoms with van der Waals surface area (Å²) in [6, 6.07) is 18.2. The van der Waals surface area contributed by atoms with Crippen LogP contribution in [0.3, 0.4) is 0 Å². The highest BCUT2D eigenvalue weighted by molar-refractivity contribution is 5.84. The molecule has 0 fully saturated rings. The Labute approximate surface area is 177 Å². The molecule has 31 heavy (non-hydrogen) atoms. The van der Waals surface area contributed by atoms with E-state index in [2.05, 4.69) is 15.3 Å². The van der Waals surface area contributed by atoms with Gasteiger partial charge in [-0.2, -0.15) is 4.98 Å². The number of benzene rings is 3. The van der Waals surface area contributed by atoms with Crippen molar-refractivity contribution in [3.8, 4) is 23.1 Å². The predicted octanol–water partition coefficient (Wildman–Crippen LogP) is 5.09. The minimum absolute atomic E-state index is 0.0285. The minimum atomic E-state index is -0.589. The highest BCUT2D eigenvalue weighted by atomic mass is 16.6. The number of nitro groups is 1. The molecule has 4 aromatic rings. The summed E-state index contributed by atoms with van der Waals surface area (Å²) in [4.78, 5) is 19.3. The van der Waals surface area contributed by atoms with E-state index in [1.165, 1.54) is 20.5 Å². The third-order valence-electron chi connectivity index (χ3n) is 4.57. The highest BCUT2D eigenvalue weighted by Gasteiger charge is 2.26. The average molecular weight is 418 g/mol. The van der Waals surface area contributed by atoms with Crippen LogP contribution in [-0.2, 0) is 0 Å². The fourth-order valence-corrected chi connectivity index (χ4v) is 3.07. The summed E-state index contributed by atoms with van der Waals surface area (Å²) in [5.41, 5.74) is 0.0790. The van der Waals surface area contributed by atoms with Gasteiger partial charge in [0.1, 0.15) is 23.6 Å². The molecule has 0 radical (unpaired) electrons. The lowest BCUT2D eigenvalue weighted by atomic mass is 10.1. The van der Waals surface area contributed by atoms with Crippen LogP contribution in [-0.4, -0.2) is 29.1 Å². The molecule has 1 heterocycles. The Kier molecular flexibility index (Phi) is 5.48. The number of nitrogens with one attached hydrogen (secondary N) is 1. The normalized spacial score (nSPS) is 10.5. The van der Waals surface area contributed by atoms with Crippen molar-refractivity contribution in [2.75, 3.05) is 19.5 Å². The number of ether oxygens (including phenoxy) is 3. The van der Waals surface area contributed by atoms with Gasteiger partial charge >= 0.3 is 11.6 Å². The second kappa shape index (κ2) is 8.54. The number of hydrogen-bond donors (Lipinski definition) is 1. The van der Waals surface area contributed by atoms with Crippen molar-refractivity contribution in [3.05, 3.63) is 77.1 Å². The Hall–Kier alpha value is -4.40. The smallest absolute Gasteiger partial charge is 0.373 e. The zero-order valence-corrected chi connectivity index (χ0v) is 16.7. The first kappa shape index (κ1) is 19.9. The van der Waals surface area contributed by atoms with Crippen LogP contribution in [0.15, 0.2) is 67.0 Å². The maximum absolute atomic E-state index is 11.8. The molecule has 0 amide bonds. The Morgan fingerprint density at radius 1 is 0.903 bits per heavy atom. The topological polar surface area (TPSA) is 109 Å². The van der Waals surface area contributed by atoms with Gasteiger partial charge in [0.05, 0.1) is 24.8 Å². The van der Waals surface area contributed by atoms with E-state index in [0.717, 1.165) is 10.8 Å². The lowest BCUT2D eigenvalue weighted by molar-refractivity contribution is -0.385. The summed E-state index contributed by atoms with van der Waals surface area (Å²) in [6.07, 6.45) is 1.20. The van der Waals surface area contributed by atoms with Gasteiger partial charge in [0.2, 0.25) is 5.82 Å². The molecule has 156 valence electrons. The number of rotatable bonds is 7. The van der Waals surface area contributed by atoms with Crippen molar-refractivity contribution in [2.24, 2.45) is 0 Å². The fraction of sp³-hybridized carbons (Fsp3) is 0.0909. The van der Waals surface area contributed by atoms with Crippen LogP contribution in [0.25, 0.3) is 10.8 Å². The SMILES string of the molecule is COc1ccc(Nc2ncnc(Oc3ccc4ccccc4c3)c2[N+](=O)[O-])c(OC)c1. The molecular formula is C22H18N4O5. The second-order valence-electron chi connectivity index (χ2n) is 6.44. The first-order chi connectivity index (χ1) is 15.1. The van der Waals surface area contributed by atoms with Gasteiger partial charge in [0, 0.05) is 6.07 Å². The van der Waals surface area contributed by atoms with Crippen molar-refractivity contribution in [2.45, 2.75) is 0 Å². The molecule has 0 aliphatic rings. The standard InChI is InChI=1S/C22H18N4O5/c1-29-16-9-10-18(19(12-16)30-2)25-21-20(26(27)28)22(24-13-23-21)31-17-8-7-14-5-3-4-6-15(14)11-17/h3-13H,1-2H3,(H,23,24,25). The molecule has 0 bridgehead atoms. The first-order valence-corrected chi connectivity index (χ1v) is 9.24. The van der Waals surface area contributed by atoms with Crippen LogP contribution in [0, 0.1) is 10.1 Å². The third kappa shape index (κ3) is 4.15. The number of aromatic nitrogens is 2. The van der Waals surface area contributed by atoms with Crippen LogP contribution >= 0.6 is 0 Å². The average Bonchev–Trinajstić information content (AvgIpc) is 2.79. The zero-order valence-electron chi connectivity index (χ0n) is 16.7. The largest absolute Gasteiger partial charge is 0.497 e. The van der Waals surface area contributed by atoms with Crippen LogP contribution in [0.1, 0.15) is 0 Å². The fourth-order valence-electron chi connectivity index (χ4n) is 3.07. The second-order valence-corrected chi connectivity index (χ2v) is 6.44. The highest BCUT2D eigenvalue weighted by Crippen LogP contribution is 2.38. The summed E-state index contributed by atoms with van der Waals surface area (Å²) in [7, 11) is 3.02. The van der Waals surface area contributed by atoms with E-state index in [0.29, 0.717) is 22.9 Å². The van der Waals surface area contributed by atoms with Gasteiger partial charge in [-0.3, -0.25) is 10.1 Å². The van der Waals surface area contributed by atoms with Crippen LogP contribution in [0.5, 0.6) is 23.1 Å².